The van der Waals surface area contributed by atoms with Crippen LogP contribution < -0.4 is 14.2 Å². The number of fused-ring (bicyclic) bond motifs is 1. The molecular formula is C41H44N2O7S. The molecule has 0 bridgehead atoms. The topological polar surface area (TPSA) is 117 Å². The summed E-state index contributed by atoms with van der Waals surface area (Å²) in [6.07, 6.45) is 1.12. The summed E-state index contributed by atoms with van der Waals surface area (Å²) in [5, 5.41) is 12.2. The second-order valence-electron chi connectivity index (χ2n) is 14.4. The van der Waals surface area contributed by atoms with Crippen molar-refractivity contribution in [3.63, 3.8) is 0 Å². The van der Waals surface area contributed by atoms with Gasteiger partial charge in [-0.1, -0.05) is 96.1 Å². The Hall–Kier alpha value is -5.06. The molecule has 4 aromatic carbocycles. The summed E-state index contributed by atoms with van der Waals surface area (Å²) in [7, 11) is 4.47. The Kier molecular flexibility index (Phi) is 10.7. The molecule has 0 saturated heterocycles. The van der Waals surface area contributed by atoms with E-state index >= 15 is 0 Å². The minimum absolute atomic E-state index is 0.0106. The van der Waals surface area contributed by atoms with Gasteiger partial charge in [-0.2, -0.15) is 8.75 Å². The van der Waals surface area contributed by atoms with E-state index in [1.807, 2.05) is 36.4 Å². The molecule has 0 saturated carbocycles. The lowest BCUT2D eigenvalue weighted by Gasteiger charge is -2.27. The number of carbonyl (C=O) groups is 2. The number of carbonyl (C=O) groups excluding carboxylic acids is 2. The average Bonchev–Trinajstić information content (AvgIpc) is 3.68. The largest absolute Gasteiger partial charge is 0.493 e. The van der Waals surface area contributed by atoms with Gasteiger partial charge in [0.1, 0.15) is 17.3 Å². The zero-order valence-electron chi connectivity index (χ0n) is 30.5. The van der Waals surface area contributed by atoms with E-state index in [1.54, 1.807) is 30.3 Å². The Morgan fingerprint density at radius 3 is 1.82 bits per heavy atom. The second kappa shape index (κ2) is 14.7. The van der Waals surface area contributed by atoms with Gasteiger partial charge in [-0.25, -0.2) is 4.79 Å². The molecule has 6 rings (SSSR count). The highest BCUT2D eigenvalue weighted by Crippen LogP contribution is 2.49. The molecule has 1 aromatic heterocycles. The molecule has 10 heteroatoms. The van der Waals surface area contributed by atoms with Gasteiger partial charge >= 0.3 is 5.97 Å². The Balaban J connectivity index is 0.000000357. The van der Waals surface area contributed by atoms with Crippen molar-refractivity contribution in [1.29, 1.82) is 0 Å². The van der Waals surface area contributed by atoms with Gasteiger partial charge in [0.15, 0.2) is 11.5 Å². The van der Waals surface area contributed by atoms with Crippen molar-refractivity contribution in [1.82, 2.24) is 8.75 Å². The second-order valence-corrected chi connectivity index (χ2v) is 14.9. The first-order chi connectivity index (χ1) is 24.1. The van der Waals surface area contributed by atoms with Crippen LogP contribution in [0.15, 0.2) is 84.4 Å². The fourth-order valence-electron chi connectivity index (χ4n) is 5.88. The smallest absolute Gasteiger partial charge is 0.342 e. The quantitative estimate of drug-likeness (QED) is 0.126. The lowest BCUT2D eigenvalue weighted by molar-refractivity contribution is -0.185. The number of ether oxygens (including phenoxy) is 4. The summed E-state index contributed by atoms with van der Waals surface area (Å²) in [6, 6.07) is 24.5. The highest BCUT2D eigenvalue weighted by molar-refractivity contribution is 7.00. The van der Waals surface area contributed by atoms with Crippen LogP contribution >= 0.6 is 11.7 Å². The number of methoxy groups -OCH3 is 3. The van der Waals surface area contributed by atoms with Crippen LogP contribution in [0.25, 0.3) is 16.6 Å². The number of rotatable bonds is 8. The Morgan fingerprint density at radius 1 is 0.765 bits per heavy atom. The van der Waals surface area contributed by atoms with Gasteiger partial charge in [0, 0.05) is 23.1 Å². The maximum Gasteiger partial charge on any atom is 0.342 e. The summed E-state index contributed by atoms with van der Waals surface area (Å²) in [5.41, 5.74) is 7.18. The monoisotopic (exact) mass is 708 g/mol. The van der Waals surface area contributed by atoms with Crippen LogP contribution in [0.3, 0.4) is 0 Å². The minimum Gasteiger partial charge on any atom is -0.493 e. The first-order valence-electron chi connectivity index (χ1n) is 16.5. The normalized spacial score (nSPS) is 16.0. The zero-order valence-corrected chi connectivity index (χ0v) is 31.3. The number of aliphatic hydroxyl groups is 1. The summed E-state index contributed by atoms with van der Waals surface area (Å²) in [4.78, 5) is 23.9. The van der Waals surface area contributed by atoms with Gasteiger partial charge in [-0.15, -0.1) is 0 Å². The first-order valence-corrected chi connectivity index (χ1v) is 17.2. The molecule has 9 nitrogen and oxygen atoms in total. The first kappa shape index (κ1) is 37.2. The van der Waals surface area contributed by atoms with Crippen molar-refractivity contribution >= 4 is 40.6 Å². The predicted octanol–water partition coefficient (Wildman–Crippen LogP) is 8.21. The van der Waals surface area contributed by atoms with E-state index in [0.29, 0.717) is 33.9 Å². The molecule has 0 fully saturated rings. The van der Waals surface area contributed by atoms with Gasteiger partial charge in [-0.05, 0) is 57.3 Å². The molecule has 0 amide bonds. The summed E-state index contributed by atoms with van der Waals surface area (Å²) in [5.74, 6) is -1.71. The fourth-order valence-corrected chi connectivity index (χ4v) is 6.39. The van der Waals surface area contributed by atoms with E-state index in [1.165, 1.54) is 32.5 Å². The molecule has 0 spiro atoms. The van der Waals surface area contributed by atoms with Crippen LogP contribution in [0.2, 0.25) is 0 Å². The van der Waals surface area contributed by atoms with E-state index < -0.39 is 11.8 Å². The maximum atomic E-state index is 13.5. The lowest BCUT2D eigenvalue weighted by Crippen LogP contribution is -2.30. The van der Waals surface area contributed by atoms with Crippen LogP contribution in [-0.4, -0.2) is 47.4 Å². The SMILES string of the molecule is CC(C)(C)c1ccc(C=O)cc1.COc1cc(C2(O)OC(=O)C(c3ccc4nsnc4c3)=C2Cc2ccc(C(C)(C)C)cc2)cc(OC)c1OC. The molecule has 51 heavy (non-hydrogen) atoms. The third kappa shape index (κ3) is 7.82. The number of benzene rings is 4. The van der Waals surface area contributed by atoms with Crippen molar-refractivity contribution in [3.8, 4) is 17.2 Å². The van der Waals surface area contributed by atoms with Crippen LogP contribution in [0, 0.1) is 0 Å². The zero-order chi connectivity index (χ0) is 37.1. The van der Waals surface area contributed by atoms with Crippen LogP contribution in [-0.2, 0) is 32.6 Å². The highest BCUT2D eigenvalue weighted by atomic mass is 32.1. The van der Waals surface area contributed by atoms with Gasteiger partial charge in [0.05, 0.1) is 38.6 Å². The Bertz CT molecular complexity index is 2050. The molecule has 1 aliphatic heterocycles. The molecular weight excluding hydrogens is 665 g/mol. The molecule has 1 N–H and O–H groups in total. The number of nitrogens with zero attached hydrogens (tertiary/aromatic N) is 2. The standard InChI is InChI=1S/C30H30N2O6S.C11H14O/c1-29(2,3)19-10-7-17(8-11-19)13-21-26(18-9-12-22-23(14-18)32-39-31-22)28(33)38-30(21,34)20-15-24(35-4)27(37-6)25(16-20)36-5;1-11(2,3)10-6-4-9(8-12)5-7-10/h7-12,14-16,34H,13H2,1-6H3;4-8H,1-3H3. The summed E-state index contributed by atoms with van der Waals surface area (Å²) < 4.78 is 30.8. The number of hydrogen-bond acceptors (Lipinski definition) is 10. The van der Waals surface area contributed by atoms with Crippen molar-refractivity contribution in [3.05, 3.63) is 118 Å². The third-order valence-corrected chi connectivity index (χ3v) is 9.42. The van der Waals surface area contributed by atoms with Crippen molar-refractivity contribution in [2.24, 2.45) is 0 Å². The number of cyclic esters (lactones) is 1. The van der Waals surface area contributed by atoms with Crippen LogP contribution in [0.4, 0.5) is 0 Å². The number of esters is 1. The fraction of sp³-hybridized carbons (Fsp3) is 0.317. The molecule has 2 heterocycles. The van der Waals surface area contributed by atoms with Crippen molar-refractivity contribution in [2.75, 3.05) is 21.3 Å². The third-order valence-electron chi connectivity index (χ3n) is 8.87. The molecule has 0 radical (unpaired) electrons. The van der Waals surface area contributed by atoms with Crippen LogP contribution in [0.1, 0.15) is 79.7 Å². The van der Waals surface area contributed by atoms with E-state index in [2.05, 4.69) is 62.4 Å². The molecule has 0 aliphatic carbocycles. The molecule has 1 atom stereocenters. The van der Waals surface area contributed by atoms with Gasteiger partial charge in [-0.3, -0.25) is 4.79 Å². The van der Waals surface area contributed by atoms with E-state index in [4.69, 9.17) is 18.9 Å². The molecule has 1 unspecified atom stereocenters. The average molecular weight is 709 g/mol. The maximum absolute atomic E-state index is 13.5. The van der Waals surface area contributed by atoms with E-state index in [0.717, 1.165) is 34.7 Å². The minimum atomic E-state index is -2.09. The Morgan fingerprint density at radius 2 is 1.31 bits per heavy atom. The van der Waals surface area contributed by atoms with Crippen molar-refractivity contribution in [2.45, 2.75) is 64.6 Å². The predicted molar refractivity (Wildman–Crippen MR) is 200 cm³/mol. The lowest BCUT2D eigenvalue weighted by atomic mass is 9.84. The van der Waals surface area contributed by atoms with Gasteiger partial charge in [0.2, 0.25) is 5.75 Å². The molecule has 266 valence electrons. The van der Waals surface area contributed by atoms with Crippen LogP contribution in [0.5, 0.6) is 17.2 Å². The van der Waals surface area contributed by atoms with E-state index in [9.17, 15) is 14.7 Å². The summed E-state index contributed by atoms with van der Waals surface area (Å²) >= 11 is 1.10. The summed E-state index contributed by atoms with van der Waals surface area (Å²) in [6.45, 7) is 12.9. The Labute approximate surface area is 303 Å². The molecule has 5 aromatic rings. The van der Waals surface area contributed by atoms with Gasteiger partial charge < -0.3 is 24.1 Å². The number of hydrogen-bond donors (Lipinski definition) is 1. The van der Waals surface area contributed by atoms with E-state index in [-0.39, 0.29) is 28.4 Å². The molecule has 1 aliphatic rings. The van der Waals surface area contributed by atoms with Gasteiger partial charge in [0.25, 0.3) is 5.79 Å². The van der Waals surface area contributed by atoms with Crippen molar-refractivity contribution < 1.29 is 33.6 Å². The highest BCUT2D eigenvalue weighted by Gasteiger charge is 2.49. The number of aldehydes is 1. The number of aromatic nitrogens is 2.